The van der Waals surface area contributed by atoms with Gasteiger partial charge in [-0.15, -0.1) is 5.11 Å². The molecule has 8 heteroatoms. The van der Waals surface area contributed by atoms with Gasteiger partial charge in [-0.2, -0.15) is 0 Å². The molecule has 2 heterocycles. The van der Waals surface area contributed by atoms with Crippen LogP contribution in [0.5, 0.6) is 0 Å². The first-order chi connectivity index (χ1) is 17.5. The van der Waals surface area contributed by atoms with Crippen LogP contribution in [0.3, 0.4) is 0 Å². The van der Waals surface area contributed by atoms with Gasteiger partial charge in [-0.05, 0) is 61.1 Å². The van der Waals surface area contributed by atoms with E-state index in [4.69, 9.17) is 5.84 Å². The van der Waals surface area contributed by atoms with E-state index in [9.17, 15) is 9.59 Å². The van der Waals surface area contributed by atoms with E-state index in [-0.39, 0.29) is 18.2 Å². The van der Waals surface area contributed by atoms with Crippen molar-refractivity contribution < 1.29 is 9.59 Å². The molecule has 2 amide bonds. The Labute approximate surface area is 212 Å². The van der Waals surface area contributed by atoms with Gasteiger partial charge in [0.1, 0.15) is 0 Å². The SMILES string of the molecule is CCCN(CCC)C(=O)C1=Cc2ccc(-c3ccc(C(=O)N4CCCC4)cc3)cc2N=C(N=NN)C1. The van der Waals surface area contributed by atoms with Gasteiger partial charge >= 0.3 is 0 Å². The fourth-order valence-electron chi connectivity index (χ4n) is 4.76. The Kier molecular flexibility index (Phi) is 8.25. The van der Waals surface area contributed by atoms with Crippen molar-refractivity contribution in [3.63, 3.8) is 0 Å². The van der Waals surface area contributed by atoms with Crippen LogP contribution < -0.4 is 5.84 Å². The van der Waals surface area contributed by atoms with Crippen molar-refractivity contribution in [2.24, 2.45) is 21.2 Å². The second-order valence-corrected chi connectivity index (χ2v) is 9.23. The molecule has 2 aromatic carbocycles. The first kappa shape index (κ1) is 25.3. The monoisotopic (exact) mass is 486 g/mol. The van der Waals surface area contributed by atoms with Crippen molar-refractivity contribution in [2.75, 3.05) is 26.2 Å². The van der Waals surface area contributed by atoms with E-state index in [0.717, 1.165) is 55.5 Å². The zero-order chi connectivity index (χ0) is 25.5. The van der Waals surface area contributed by atoms with E-state index in [2.05, 4.69) is 29.2 Å². The summed E-state index contributed by atoms with van der Waals surface area (Å²) < 4.78 is 0. The van der Waals surface area contributed by atoms with Crippen LogP contribution in [0.1, 0.15) is 61.9 Å². The zero-order valence-electron chi connectivity index (χ0n) is 21.1. The average molecular weight is 487 g/mol. The van der Waals surface area contributed by atoms with Crippen molar-refractivity contribution in [1.29, 1.82) is 0 Å². The molecule has 0 aliphatic carbocycles. The number of hydrogen-bond acceptors (Lipinski definition) is 5. The molecule has 4 rings (SSSR count). The number of amidine groups is 1. The number of rotatable bonds is 7. The molecule has 2 aromatic rings. The molecule has 8 nitrogen and oxygen atoms in total. The van der Waals surface area contributed by atoms with Crippen molar-refractivity contribution in [3.8, 4) is 11.1 Å². The molecular formula is C28H34N6O2. The summed E-state index contributed by atoms with van der Waals surface area (Å²) in [7, 11) is 0. The number of aliphatic imine (C=N–C) groups is 1. The smallest absolute Gasteiger partial charge is 0.253 e. The maximum absolute atomic E-state index is 13.3. The lowest BCUT2D eigenvalue weighted by Gasteiger charge is -2.22. The standard InChI is InChI=1S/C28H34N6O2/c1-3-13-33(14-4-2)28(36)24-17-23-12-11-22(18-25(23)30-26(19-24)31-32-29)20-7-9-21(10-8-20)27(35)34-15-5-6-16-34/h7-12,17-18H,3-6,13-16,19H2,1-2H3,(H2,29,30,31). The molecule has 2 aliphatic rings. The molecule has 2 aliphatic heterocycles. The van der Waals surface area contributed by atoms with Crippen LogP contribution in [0.2, 0.25) is 0 Å². The topological polar surface area (TPSA) is 104 Å². The van der Waals surface area contributed by atoms with Crippen LogP contribution >= 0.6 is 0 Å². The first-order valence-corrected chi connectivity index (χ1v) is 12.8. The third-order valence-electron chi connectivity index (χ3n) is 6.54. The van der Waals surface area contributed by atoms with Crippen molar-refractivity contribution >= 4 is 29.4 Å². The lowest BCUT2D eigenvalue weighted by molar-refractivity contribution is -0.127. The molecule has 1 saturated heterocycles. The molecule has 1 fully saturated rings. The number of benzene rings is 2. The Balaban J connectivity index is 1.64. The highest BCUT2D eigenvalue weighted by atomic mass is 16.2. The molecule has 0 unspecified atom stereocenters. The van der Waals surface area contributed by atoms with Crippen LogP contribution in [-0.2, 0) is 4.79 Å². The molecule has 2 N–H and O–H groups in total. The van der Waals surface area contributed by atoms with Crippen LogP contribution in [0.15, 0.2) is 63.4 Å². The maximum Gasteiger partial charge on any atom is 0.253 e. The number of hydrogen-bond donors (Lipinski definition) is 1. The summed E-state index contributed by atoms with van der Waals surface area (Å²) in [6, 6.07) is 13.6. The van der Waals surface area contributed by atoms with Crippen LogP contribution in [-0.4, -0.2) is 53.6 Å². The minimum atomic E-state index is -0.00573. The minimum Gasteiger partial charge on any atom is -0.339 e. The highest BCUT2D eigenvalue weighted by Crippen LogP contribution is 2.33. The summed E-state index contributed by atoms with van der Waals surface area (Å²) >= 11 is 0. The van der Waals surface area contributed by atoms with Gasteiger partial charge in [0.05, 0.1) is 5.69 Å². The lowest BCUT2D eigenvalue weighted by atomic mass is 9.99. The molecule has 0 bridgehead atoms. The van der Waals surface area contributed by atoms with E-state index < -0.39 is 0 Å². The van der Waals surface area contributed by atoms with Gasteiger partial charge in [0.25, 0.3) is 5.91 Å². The largest absolute Gasteiger partial charge is 0.339 e. The molecule has 0 radical (unpaired) electrons. The van der Waals surface area contributed by atoms with Crippen LogP contribution in [0.25, 0.3) is 17.2 Å². The fourth-order valence-corrected chi connectivity index (χ4v) is 4.76. The molecule has 0 saturated carbocycles. The average Bonchev–Trinajstić information content (AvgIpc) is 3.37. The third kappa shape index (κ3) is 5.70. The Hall–Kier alpha value is -3.81. The third-order valence-corrected chi connectivity index (χ3v) is 6.54. The number of likely N-dealkylation sites (tertiary alicyclic amines) is 1. The van der Waals surface area contributed by atoms with Gasteiger partial charge in [-0.25, -0.2) is 4.99 Å². The molecule has 188 valence electrons. The Morgan fingerprint density at radius 3 is 2.31 bits per heavy atom. The summed E-state index contributed by atoms with van der Waals surface area (Å²) in [5.41, 5.74) is 4.82. The number of nitrogens with two attached hydrogens (primary N) is 1. The van der Waals surface area contributed by atoms with Crippen molar-refractivity contribution in [1.82, 2.24) is 9.80 Å². The number of fused-ring (bicyclic) bond motifs is 1. The van der Waals surface area contributed by atoms with Crippen molar-refractivity contribution in [2.45, 2.75) is 46.0 Å². The van der Waals surface area contributed by atoms with E-state index in [1.807, 2.05) is 58.3 Å². The van der Waals surface area contributed by atoms with Gasteiger partial charge in [0.15, 0.2) is 5.84 Å². The second kappa shape index (κ2) is 11.7. The number of nitrogens with zero attached hydrogens (tertiary/aromatic N) is 5. The fraction of sp³-hybridized carbons (Fsp3) is 0.393. The Bertz CT molecular complexity index is 1190. The normalized spacial score (nSPS) is 15.3. The van der Waals surface area contributed by atoms with Crippen LogP contribution in [0.4, 0.5) is 5.69 Å². The molecule has 36 heavy (non-hydrogen) atoms. The van der Waals surface area contributed by atoms with Gasteiger partial charge in [0.2, 0.25) is 5.91 Å². The van der Waals surface area contributed by atoms with Gasteiger partial charge in [-0.1, -0.05) is 43.3 Å². The van der Waals surface area contributed by atoms with Crippen LogP contribution in [0, 0.1) is 0 Å². The molecular weight excluding hydrogens is 452 g/mol. The summed E-state index contributed by atoms with van der Waals surface area (Å²) in [5.74, 6) is 5.82. The summed E-state index contributed by atoms with van der Waals surface area (Å²) in [6.45, 7) is 7.21. The van der Waals surface area contributed by atoms with Gasteiger partial charge in [0, 0.05) is 49.3 Å². The predicted octanol–water partition coefficient (Wildman–Crippen LogP) is 5.38. The van der Waals surface area contributed by atoms with E-state index in [1.54, 1.807) is 0 Å². The van der Waals surface area contributed by atoms with Crippen molar-refractivity contribution in [3.05, 3.63) is 59.2 Å². The highest BCUT2D eigenvalue weighted by Gasteiger charge is 2.23. The van der Waals surface area contributed by atoms with Gasteiger partial charge in [-0.3, -0.25) is 9.59 Å². The van der Waals surface area contributed by atoms with E-state index in [1.165, 1.54) is 0 Å². The summed E-state index contributed by atoms with van der Waals surface area (Å²) in [5, 5.41) is 7.43. The van der Waals surface area contributed by atoms with E-state index in [0.29, 0.717) is 35.7 Å². The quantitative estimate of drug-likeness (QED) is 0.323. The molecule has 0 spiro atoms. The summed E-state index contributed by atoms with van der Waals surface area (Å²) in [6.07, 6.45) is 6.10. The maximum atomic E-state index is 13.3. The zero-order valence-corrected chi connectivity index (χ0v) is 21.1. The minimum absolute atomic E-state index is 0.00573. The number of carbonyl (C=O) groups is 2. The summed E-state index contributed by atoms with van der Waals surface area (Å²) in [4.78, 5) is 34.5. The Morgan fingerprint density at radius 2 is 1.67 bits per heavy atom. The second-order valence-electron chi connectivity index (χ2n) is 9.23. The molecule has 0 atom stereocenters. The highest BCUT2D eigenvalue weighted by molar-refractivity contribution is 6.06. The van der Waals surface area contributed by atoms with Gasteiger partial charge < -0.3 is 15.6 Å². The molecule has 0 aromatic heterocycles. The first-order valence-electron chi connectivity index (χ1n) is 12.8. The number of amides is 2. The Morgan fingerprint density at radius 1 is 1.00 bits per heavy atom. The van der Waals surface area contributed by atoms with E-state index >= 15 is 0 Å². The lowest BCUT2D eigenvalue weighted by Crippen LogP contribution is -2.34. The number of carbonyl (C=O) groups excluding carboxylic acids is 2. The predicted molar refractivity (Wildman–Crippen MR) is 143 cm³/mol.